The Morgan fingerprint density at radius 3 is 2.64 bits per heavy atom. The number of aromatic nitrogens is 4. The van der Waals surface area contributed by atoms with E-state index in [0.29, 0.717) is 6.41 Å². The minimum Gasteiger partial charge on any atom is -0.329 e. The van der Waals surface area contributed by atoms with Gasteiger partial charge in [0.2, 0.25) is 6.41 Å². The molecule has 3 aromatic rings. The molecule has 2 heterocycles. The van der Waals surface area contributed by atoms with E-state index < -0.39 is 0 Å². The van der Waals surface area contributed by atoms with Gasteiger partial charge < -0.3 is 5.32 Å². The first kappa shape index (κ1) is 14.1. The Bertz CT molecular complexity index is 785. The Balaban J connectivity index is 1.89. The van der Waals surface area contributed by atoms with Crippen molar-refractivity contribution < 1.29 is 4.79 Å². The summed E-state index contributed by atoms with van der Waals surface area (Å²) in [5.41, 5.74) is 4.74. The summed E-state index contributed by atoms with van der Waals surface area (Å²) < 4.78 is 3.76. The number of anilines is 1. The lowest BCUT2D eigenvalue weighted by atomic mass is 10.2. The normalized spacial score (nSPS) is 10.6. The van der Waals surface area contributed by atoms with E-state index in [-0.39, 0.29) is 0 Å². The van der Waals surface area contributed by atoms with Crippen LogP contribution in [0.4, 0.5) is 5.69 Å². The second kappa shape index (κ2) is 5.85. The lowest BCUT2D eigenvalue weighted by Crippen LogP contribution is -1.99. The van der Waals surface area contributed by atoms with E-state index >= 15 is 0 Å². The minimum absolute atomic E-state index is 0.662. The van der Waals surface area contributed by atoms with Crippen molar-refractivity contribution in [2.24, 2.45) is 0 Å². The van der Waals surface area contributed by atoms with Gasteiger partial charge in [-0.3, -0.25) is 9.48 Å². The zero-order valence-electron chi connectivity index (χ0n) is 12.5. The Hall–Kier alpha value is -2.89. The van der Waals surface area contributed by atoms with Crippen LogP contribution in [0.25, 0.3) is 16.9 Å². The molecule has 0 unspecified atom stereocenters. The second-order valence-corrected chi connectivity index (χ2v) is 4.91. The molecule has 1 aromatic carbocycles. The number of aryl methyl sites for hydroxylation is 1. The fraction of sp³-hybridized carbons (Fsp3) is 0.188. The Morgan fingerprint density at radius 2 is 2.00 bits per heavy atom. The zero-order chi connectivity index (χ0) is 15.5. The minimum atomic E-state index is 0.662. The van der Waals surface area contributed by atoms with Crippen LogP contribution in [0.5, 0.6) is 0 Å². The van der Waals surface area contributed by atoms with Crippen molar-refractivity contribution in [2.45, 2.75) is 20.4 Å². The first-order valence-electron chi connectivity index (χ1n) is 7.12. The summed E-state index contributed by atoms with van der Waals surface area (Å²) in [6.45, 7) is 4.96. The summed E-state index contributed by atoms with van der Waals surface area (Å²) in [6, 6.07) is 9.47. The highest BCUT2D eigenvalue weighted by Crippen LogP contribution is 2.22. The van der Waals surface area contributed by atoms with Gasteiger partial charge >= 0.3 is 0 Å². The highest BCUT2D eigenvalue weighted by molar-refractivity contribution is 5.71. The van der Waals surface area contributed by atoms with Crippen LogP contribution < -0.4 is 5.32 Å². The second-order valence-electron chi connectivity index (χ2n) is 4.91. The Morgan fingerprint density at radius 1 is 1.23 bits per heavy atom. The van der Waals surface area contributed by atoms with Gasteiger partial charge in [-0.15, -0.1) is 0 Å². The predicted molar refractivity (Wildman–Crippen MR) is 84.9 cm³/mol. The van der Waals surface area contributed by atoms with Gasteiger partial charge in [0, 0.05) is 29.7 Å². The maximum Gasteiger partial charge on any atom is 0.211 e. The third-order valence-corrected chi connectivity index (χ3v) is 3.63. The molecule has 0 aliphatic heterocycles. The lowest BCUT2D eigenvalue weighted by Gasteiger charge is -2.03. The summed E-state index contributed by atoms with van der Waals surface area (Å²) in [5.74, 6) is 0. The van der Waals surface area contributed by atoms with Crippen LogP contribution >= 0.6 is 0 Å². The van der Waals surface area contributed by atoms with E-state index in [1.54, 1.807) is 0 Å². The Labute approximate surface area is 128 Å². The van der Waals surface area contributed by atoms with Gasteiger partial charge in [0.25, 0.3) is 0 Å². The van der Waals surface area contributed by atoms with Crippen LogP contribution in [-0.4, -0.2) is 26.0 Å². The van der Waals surface area contributed by atoms with Gasteiger partial charge in [0.05, 0.1) is 17.6 Å². The molecule has 0 bridgehead atoms. The highest BCUT2D eigenvalue weighted by atomic mass is 16.1. The molecule has 0 aliphatic rings. The summed E-state index contributed by atoms with van der Waals surface area (Å²) in [4.78, 5) is 10.4. The maximum atomic E-state index is 10.4. The number of hydrogen-bond donors (Lipinski definition) is 1. The number of benzene rings is 1. The van der Waals surface area contributed by atoms with Crippen molar-refractivity contribution >= 4 is 12.1 Å². The molecular formula is C16H17N5O. The molecule has 2 aromatic heterocycles. The number of carbonyl (C=O) groups excluding carboxylic acids is 1. The fourth-order valence-electron chi connectivity index (χ4n) is 2.41. The number of rotatable bonds is 5. The molecule has 0 saturated heterocycles. The predicted octanol–water partition coefficient (Wildman–Crippen LogP) is 2.63. The molecule has 0 aliphatic carbocycles. The molecular weight excluding hydrogens is 278 g/mol. The summed E-state index contributed by atoms with van der Waals surface area (Å²) in [6.07, 6.45) is 4.43. The van der Waals surface area contributed by atoms with Crippen LogP contribution in [0.15, 0.2) is 42.7 Å². The number of nitrogens with zero attached hydrogens (tertiary/aromatic N) is 4. The third kappa shape index (κ3) is 2.50. The molecule has 22 heavy (non-hydrogen) atoms. The first-order valence-corrected chi connectivity index (χ1v) is 7.12. The average molecular weight is 295 g/mol. The van der Waals surface area contributed by atoms with Crippen molar-refractivity contribution in [2.75, 3.05) is 5.32 Å². The standard InChI is InChI=1S/C16H17N5O/c1-3-20-12(2)15(10-18-20)16-8-9-21(19-16)14-6-4-13(5-7-14)17-11-22/h4-11H,3H2,1-2H3,(H,17,22). The summed E-state index contributed by atoms with van der Waals surface area (Å²) >= 11 is 0. The van der Waals surface area contributed by atoms with Crippen molar-refractivity contribution in [3.63, 3.8) is 0 Å². The molecule has 6 nitrogen and oxygen atoms in total. The molecule has 6 heteroatoms. The number of nitrogens with one attached hydrogen (secondary N) is 1. The van der Waals surface area contributed by atoms with E-state index in [4.69, 9.17) is 0 Å². The first-order chi connectivity index (χ1) is 10.7. The largest absolute Gasteiger partial charge is 0.329 e. The lowest BCUT2D eigenvalue weighted by molar-refractivity contribution is -0.105. The zero-order valence-corrected chi connectivity index (χ0v) is 12.5. The molecule has 3 rings (SSSR count). The molecule has 1 amide bonds. The van der Waals surface area contributed by atoms with E-state index in [1.165, 1.54) is 0 Å². The van der Waals surface area contributed by atoms with E-state index in [0.717, 1.165) is 34.9 Å². The van der Waals surface area contributed by atoms with Gasteiger partial charge in [-0.25, -0.2) is 4.68 Å². The SMILES string of the molecule is CCn1ncc(-c2ccn(-c3ccc(NC=O)cc3)n2)c1C. The van der Waals surface area contributed by atoms with Crippen LogP contribution in [0, 0.1) is 6.92 Å². The molecule has 0 fully saturated rings. The van der Waals surface area contributed by atoms with Gasteiger partial charge in [0.15, 0.2) is 0 Å². The van der Waals surface area contributed by atoms with Gasteiger partial charge in [-0.1, -0.05) is 0 Å². The monoisotopic (exact) mass is 295 g/mol. The van der Waals surface area contributed by atoms with Crippen molar-refractivity contribution in [1.82, 2.24) is 19.6 Å². The van der Waals surface area contributed by atoms with Gasteiger partial charge in [0.1, 0.15) is 0 Å². The van der Waals surface area contributed by atoms with Crippen LogP contribution in [0.2, 0.25) is 0 Å². The Kier molecular flexibility index (Phi) is 3.74. The number of hydrogen-bond acceptors (Lipinski definition) is 3. The van der Waals surface area contributed by atoms with Crippen molar-refractivity contribution in [3.05, 3.63) is 48.4 Å². The van der Waals surface area contributed by atoms with E-state index in [9.17, 15) is 4.79 Å². The quantitative estimate of drug-likeness (QED) is 0.736. The molecule has 0 radical (unpaired) electrons. The van der Waals surface area contributed by atoms with Gasteiger partial charge in [-0.05, 0) is 44.2 Å². The van der Waals surface area contributed by atoms with Crippen LogP contribution in [0.3, 0.4) is 0 Å². The highest BCUT2D eigenvalue weighted by Gasteiger charge is 2.10. The maximum absolute atomic E-state index is 10.4. The molecule has 1 N–H and O–H groups in total. The van der Waals surface area contributed by atoms with Crippen LogP contribution in [0.1, 0.15) is 12.6 Å². The summed E-state index contributed by atoms with van der Waals surface area (Å²) in [5, 5.41) is 11.6. The number of carbonyl (C=O) groups is 1. The van der Waals surface area contributed by atoms with Crippen molar-refractivity contribution in [3.8, 4) is 16.9 Å². The fourth-order valence-corrected chi connectivity index (χ4v) is 2.41. The third-order valence-electron chi connectivity index (χ3n) is 3.63. The van der Waals surface area contributed by atoms with Crippen molar-refractivity contribution in [1.29, 1.82) is 0 Å². The number of amides is 1. The summed E-state index contributed by atoms with van der Waals surface area (Å²) in [7, 11) is 0. The smallest absolute Gasteiger partial charge is 0.211 e. The van der Waals surface area contributed by atoms with Crippen LogP contribution in [-0.2, 0) is 11.3 Å². The molecule has 0 spiro atoms. The van der Waals surface area contributed by atoms with E-state index in [2.05, 4.69) is 22.4 Å². The van der Waals surface area contributed by atoms with Gasteiger partial charge in [-0.2, -0.15) is 10.2 Å². The van der Waals surface area contributed by atoms with E-state index in [1.807, 2.05) is 59.0 Å². The molecule has 0 saturated carbocycles. The average Bonchev–Trinajstić information content (AvgIpc) is 3.15. The molecule has 0 atom stereocenters. The molecule has 112 valence electrons. The topological polar surface area (TPSA) is 64.7 Å².